The monoisotopic (exact) mass is 1320 g/mol. The van der Waals surface area contributed by atoms with Crippen LogP contribution in [-0.2, 0) is 0 Å². The van der Waals surface area contributed by atoms with E-state index in [1.54, 1.807) is 0 Å². The van der Waals surface area contributed by atoms with Crippen molar-refractivity contribution in [3.05, 3.63) is 0 Å². The van der Waals surface area contributed by atoms with E-state index in [0.717, 1.165) is 386 Å². The van der Waals surface area contributed by atoms with Gasteiger partial charge in [-0.3, -0.25) is 0 Å². The first kappa shape index (κ1) is 90.8. The van der Waals surface area contributed by atoms with E-state index in [0.29, 0.717) is 0 Å². The lowest BCUT2D eigenvalue weighted by Gasteiger charge is -2.11. The molecule has 30 heteroatoms. The summed E-state index contributed by atoms with van der Waals surface area (Å²) < 4.78 is 0. The number of hydrogen-bond acceptors (Lipinski definition) is 30. The third-order valence-electron chi connectivity index (χ3n) is 14.4. The molecule has 0 radical (unpaired) electrons. The molecule has 0 aromatic rings. The van der Waals surface area contributed by atoms with E-state index in [9.17, 15) is 0 Å². The van der Waals surface area contributed by atoms with Crippen molar-refractivity contribution in [2.24, 2.45) is 0 Å². The molecule has 554 valence electrons. The standard InChI is InChI=1S/C62H156N30/c1-3-4-64-7-8-66-11-12-68-15-16-70-19-20-72-23-24-74-27-28-76-31-32-78-35-36-80-39-40-82-43-44-84-47-48-86-51-52-88-55-56-90-59-60-92-62-61-91-58-57-89-54-53-87-50-49-85-46-45-83-42-41-81-38-37-79-34-33-77-30-29-75-26-25-73-22-21-71-18-17-69-14-13-67-10-9-65-6-5-63-2/h63-92H,3-62H2,1-2H3. The summed E-state index contributed by atoms with van der Waals surface area (Å²) >= 11 is 0. The average molecular weight is 1320 g/mol. The van der Waals surface area contributed by atoms with Gasteiger partial charge < -0.3 is 160 Å². The lowest BCUT2D eigenvalue weighted by Crippen LogP contribution is -2.39. The molecule has 0 aliphatic heterocycles. The highest BCUT2D eigenvalue weighted by Crippen LogP contribution is 1.74. The predicted molar refractivity (Wildman–Crippen MR) is 397 cm³/mol. The number of nitrogens with one attached hydrogen (secondary N) is 30. The second-order valence-electron chi connectivity index (χ2n) is 22.9. The van der Waals surface area contributed by atoms with Crippen LogP contribution in [0.1, 0.15) is 13.3 Å². The smallest absolute Gasteiger partial charge is 0.00772 e. The van der Waals surface area contributed by atoms with Crippen LogP contribution in [0.15, 0.2) is 0 Å². The summed E-state index contributed by atoms with van der Waals surface area (Å²) in [7, 11) is 1.98. The maximum atomic E-state index is 3.52. The fourth-order valence-electron chi connectivity index (χ4n) is 8.96. The Morgan fingerprint density at radius 1 is 0.0978 bits per heavy atom. The maximum Gasteiger partial charge on any atom is 0.00772 e. The Labute approximate surface area is 563 Å². The Hall–Kier alpha value is -1.20. The summed E-state index contributed by atoms with van der Waals surface area (Å²) in [6.07, 6.45) is 1.20. The van der Waals surface area contributed by atoms with Gasteiger partial charge >= 0.3 is 0 Å². The van der Waals surface area contributed by atoms with Gasteiger partial charge in [0, 0.05) is 380 Å². The minimum absolute atomic E-state index is 0.991. The second kappa shape index (κ2) is 89.8. The van der Waals surface area contributed by atoms with Crippen molar-refractivity contribution in [1.82, 2.24) is 160 Å². The fraction of sp³-hybridized carbons (Fsp3) is 1.00. The quantitative estimate of drug-likeness (QED) is 0.0252. The highest BCUT2D eigenvalue weighted by Gasteiger charge is 1.99. The first-order valence-corrected chi connectivity index (χ1v) is 37.1. The van der Waals surface area contributed by atoms with Crippen LogP contribution >= 0.6 is 0 Å². The van der Waals surface area contributed by atoms with E-state index >= 15 is 0 Å². The molecule has 0 aliphatic carbocycles. The minimum atomic E-state index is 0.991. The van der Waals surface area contributed by atoms with Crippen LogP contribution in [0.5, 0.6) is 0 Å². The predicted octanol–water partition coefficient (Wildman–Crippen LogP) is -11.3. The van der Waals surface area contributed by atoms with Crippen LogP contribution in [0, 0.1) is 0 Å². The molecule has 30 N–H and O–H groups in total. The Morgan fingerprint density at radius 3 is 0.228 bits per heavy atom. The topological polar surface area (TPSA) is 361 Å². The van der Waals surface area contributed by atoms with Gasteiger partial charge in [-0.25, -0.2) is 0 Å². The summed E-state index contributed by atoms with van der Waals surface area (Å²) in [5.74, 6) is 0. The summed E-state index contributed by atoms with van der Waals surface area (Å²) in [4.78, 5) is 0. The highest BCUT2D eigenvalue weighted by atomic mass is 15.1. The molecule has 0 saturated carbocycles. The van der Waals surface area contributed by atoms with E-state index in [2.05, 4.69) is 166 Å². The molecule has 0 atom stereocenters. The van der Waals surface area contributed by atoms with E-state index in [1.165, 1.54) is 6.42 Å². The van der Waals surface area contributed by atoms with Gasteiger partial charge in [0.05, 0.1) is 0 Å². The Kier molecular flexibility index (Phi) is 88.6. The molecular weight excluding hydrogens is 1160 g/mol. The van der Waals surface area contributed by atoms with E-state index in [4.69, 9.17) is 0 Å². The van der Waals surface area contributed by atoms with Crippen molar-refractivity contribution in [2.45, 2.75) is 13.3 Å². The molecule has 0 aliphatic rings. The first-order chi connectivity index (χ1) is 45.9. The number of rotatable bonds is 89. The normalized spacial score (nSPS) is 11.8. The molecule has 0 bridgehead atoms. The molecule has 0 heterocycles. The third kappa shape index (κ3) is 88.8. The van der Waals surface area contributed by atoms with E-state index in [-0.39, 0.29) is 0 Å². The van der Waals surface area contributed by atoms with Gasteiger partial charge in [-0.2, -0.15) is 0 Å². The van der Waals surface area contributed by atoms with Crippen LogP contribution in [-0.4, -0.2) is 393 Å². The molecule has 0 amide bonds. The van der Waals surface area contributed by atoms with Crippen molar-refractivity contribution in [3.63, 3.8) is 0 Å². The summed E-state index contributed by atoms with van der Waals surface area (Å²) in [6, 6.07) is 0. The van der Waals surface area contributed by atoms with Crippen LogP contribution in [0.2, 0.25) is 0 Å². The number of likely N-dealkylation sites (N-methyl/N-ethyl adjacent to an activating group) is 1. The molecule has 0 aromatic heterocycles. The van der Waals surface area contributed by atoms with Gasteiger partial charge in [0.1, 0.15) is 0 Å². The van der Waals surface area contributed by atoms with Crippen LogP contribution < -0.4 is 160 Å². The summed E-state index contributed by atoms with van der Waals surface area (Å²) in [6.45, 7) is 61.3. The number of hydrogen-bond donors (Lipinski definition) is 30. The lowest BCUT2D eigenvalue weighted by atomic mass is 10.4. The van der Waals surface area contributed by atoms with Gasteiger partial charge in [-0.05, 0) is 20.0 Å². The van der Waals surface area contributed by atoms with Gasteiger partial charge in [0.15, 0.2) is 0 Å². The Balaban J connectivity index is 3.09. The van der Waals surface area contributed by atoms with Crippen LogP contribution in [0.3, 0.4) is 0 Å². The summed E-state index contributed by atoms with van der Waals surface area (Å²) in [5, 5.41) is 105. The van der Waals surface area contributed by atoms with Crippen molar-refractivity contribution in [3.8, 4) is 0 Å². The molecule has 30 nitrogen and oxygen atoms in total. The average Bonchev–Trinajstić information content (AvgIpc) is 3.57. The van der Waals surface area contributed by atoms with Gasteiger partial charge in [-0.15, -0.1) is 0 Å². The zero-order valence-electron chi connectivity index (χ0n) is 59.4. The van der Waals surface area contributed by atoms with Gasteiger partial charge in [0.25, 0.3) is 0 Å². The van der Waals surface area contributed by atoms with Crippen molar-refractivity contribution >= 4 is 0 Å². The molecule has 0 aromatic carbocycles. The molecule has 0 rings (SSSR count). The van der Waals surface area contributed by atoms with Crippen LogP contribution in [0.25, 0.3) is 0 Å². The van der Waals surface area contributed by atoms with Crippen molar-refractivity contribution in [1.29, 1.82) is 0 Å². The molecule has 0 spiro atoms. The first-order valence-electron chi connectivity index (χ1n) is 37.1. The molecule has 0 fully saturated rings. The maximum absolute atomic E-state index is 3.52. The second-order valence-corrected chi connectivity index (χ2v) is 22.9. The van der Waals surface area contributed by atoms with Gasteiger partial charge in [0.2, 0.25) is 0 Å². The van der Waals surface area contributed by atoms with Crippen molar-refractivity contribution in [2.75, 3.05) is 393 Å². The highest BCUT2D eigenvalue weighted by molar-refractivity contribution is 4.67. The largest absolute Gasteiger partial charge is 0.318 e. The van der Waals surface area contributed by atoms with E-state index < -0.39 is 0 Å². The third-order valence-corrected chi connectivity index (χ3v) is 14.4. The molecule has 0 saturated heterocycles. The lowest BCUT2D eigenvalue weighted by molar-refractivity contribution is 0.535. The summed E-state index contributed by atoms with van der Waals surface area (Å²) in [5.41, 5.74) is 0. The Morgan fingerprint density at radius 2 is 0.163 bits per heavy atom. The molecule has 0 unspecified atom stereocenters. The van der Waals surface area contributed by atoms with E-state index in [1.807, 2.05) is 7.05 Å². The minimum Gasteiger partial charge on any atom is -0.318 e. The molecular formula is C62H156N30. The zero-order chi connectivity index (χ0) is 65.6. The SMILES string of the molecule is CCCNCCNCCNCCNCCNCCNCCNCCNCCNCCNCCNCCNCCNCCNCCNCCNCCNCCNCCNCCNCCNCCNCCNCCNCCNCCNCCNCCNCCNCCNC. The molecule has 92 heavy (non-hydrogen) atoms. The van der Waals surface area contributed by atoms with Crippen molar-refractivity contribution < 1.29 is 0 Å². The van der Waals surface area contributed by atoms with Crippen LogP contribution in [0.4, 0.5) is 0 Å². The van der Waals surface area contributed by atoms with Gasteiger partial charge in [-0.1, -0.05) is 6.92 Å². The Bertz CT molecular complexity index is 1160. The fourth-order valence-corrected chi connectivity index (χ4v) is 8.96. The zero-order valence-corrected chi connectivity index (χ0v) is 59.4.